The van der Waals surface area contributed by atoms with E-state index in [-0.39, 0.29) is 0 Å². The van der Waals surface area contributed by atoms with E-state index in [1.54, 1.807) is 0 Å². The fourth-order valence-corrected chi connectivity index (χ4v) is 0.954. The third-order valence-electron chi connectivity index (χ3n) is 1.59. The molecule has 0 aliphatic heterocycles. The molecule has 0 aliphatic carbocycles. The second-order valence-electron chi connectivity index (χ2n) is 3.19. The van der Waals surface area contributed by atoms with Gasteiger partial charge < -0.3 is 9.84 Å². The second-order valence-corrected chi connectivity index (χ2v) is 3.98. The van der Waals surface area contributed by atoms with Crippen LogP contribution in [-0.4, -0.2) is 29.0 Å². The molecule has 0 aromatic rings. The number of esters is 1. The molecule has 0 radical (unpaired) electrons. The van der Waals surface area contributed by atoms with Crippen LogP contribution in [0.5, 0.6) is 0 Å². The first kappa shape index (κ1) is 17.8. The largest absolute Gasteiger partial charge is 0.481 e. The normalized spacial score (nSPS) is 8.94. The first-order chi connectivity index (χ1) is 7.58. The molecule has 16 heavy (non-hydrogen) atoms. The number of halogens is 1. The molecule has 96 valence electrons. The zero-order valence-electron chi connectivity index (χ0n) is 10.00. The van der Waals surface area contributed by atoms with Crippen LogP contribution >= 0.6 is 15.9 Å². The van der Waals surface area contributed by atoms with Crippen molar-refractivity contribution in [2.75, 3.05) is 11.9 Å². The van der Waals surface area contributed by atoms with Crippen LogP contribution in [0, 0.1) is 0 Å². The standard InChI is InChI=1S/C7H11BrO4.C4H10/c8-3-1-2-4-12-7(11)5-6(9)10;1-3-4-2/h1-5H2,(H,9,10);3-4H2,1-2H3. The number of hydrogen-bond acceptors (Lipinski definition) is 3. The summed E-state index contributed by atoms with van der Waals surface area (Å²) >= 11 is 3.22. The zero-order valence-corrected chi connectivity index (χ0v) is 11.6. The number of ether oxygens (including phenoxy) is 1. The maximum Gasteiger partial charge on any atom is 0.317 e. The van der Waals surface area contributed by atoms with E-state index in [1.165, 1.54) is 12.8 Å². The molecule has 0 aliphatic rings. The van der Waals surface area contributed by atoms with E-state index in [9.17, 15) is 9.59 Å². The van der Waals surface area contributed by atoms with Gasteiger partial charge in [-0.3, -0.25) is 9.59 Å². The van der Waals surface area contributed by atoms with Crippen LogP contribution in [0.1, 0.15) is 46.0 Å². The van der Waals surface area contributed by atoms with Gasteiger partial charge in [-0.2, -0.15) is 0 Å². The van der Waals surface area contributed by atoms with Crippen molar-refractivity contribution in [3.63, 3.8) is 0 Å². The molecule has 0 aromatic carbocycles. The van der Waals surface area contributed by atoms with Crippen LogP contribution < -0.4 is 0 Å². The van der Waals surface area contributed by atoms with Gasteiger partial charge in [-0.05, 0) is 12.8 Å². The van der Waals surface area contributed by atoms with E-state index in [0.29, 0.717) is 6.61 Å². The monoisotopic (exact) mass is 296 g/mol. The van der Waals surface area contributed by atoms with Crippen molar-refractivity contribution in [3.8, 4) is 0 Å². The third-order valence-corrected chi connectivity index (χ3v) is 2.15. The zero-order chi connectivity index (χ0) is 12.8. The number of rotatable bonds is 7. The third kappa shape index (κ3) is 19.1. The van der Waals surface area contributed by atoms with Crippen LogP contribution in [0.3, 0.4) is 0 Å². The number of carboxylic acids is 1. The smallest absolute Gasteiger partial charge is 0.317 e. The Morgan fingerprint density at radius 1 is 1.19 bits per heavy atom. The molecule has 0 bridgehead atoms. The summed E-state index contributed by atoms with van der Waals surface area (Å²) in [7, 11) is 0. The van der Waals surface area contributed by atoms with Crippen molar-refractivity contribution in [3.05, 3.63) is 0 Å². The van der Waals surface area contributed by atoms with Crippen molar-refractivity contribution in [1.82, 2.24) is 0 Å². The molecule has 5 heteroatoms. The molecule has 0 aromatic heterocycles. The first-order valence-corrected chi connectivity index (χ1v) is 6.63. The van der Waals surface area contributed by atoms with Crippen molar-refractivity contribution >= 4 is 27.9 Å². The van der Waals surface area contributed by atoms with Crippen molar-refractivity contribution < 1.29 is 19.4 Å². The van der Waals surface area contributed by atoms with E-state index < -0.39 is 18.4 Å². The molecular formula is C11H21BrO4. The highest BCUT2D eigenvalue weighted by Crippen LogP contribution is 1.95. The molecule has 0 amide bonds. The van der Waals surface area contributed by atoms with Gasteiger partial charge in [0, 0.05) is 5.33 Å². The molecule has 0 rings (SSSR count). The van der Waals surface area contributed by atoms with Crippen LogP contribution in [0.25, 0.3) is 0 Å². The number of unbranched alkanes of at least 4 members (excludes halogenated alkanes) is 2. The van der Waals surface area contributed by atoms with Gasteiger partial charge >= 0.3 is 11.9 Å². The fourth-order valence-electron chi connectivity index (χ4n) is 0.557. The molecule has 0 atom stereocenters. The molecule has 0 unspecified atom stereocenters. The summed E-state index contributed by atoms with van der Waals surface area (Å²) in [5.41, 5.74) is 0. The Kier molecular flexibility index (Phi) is 16.0. The van der Waals surface area contributed by atoms with Gasteiger partial charge in [-0.1, -0.05) is 42.6 Å². The van der Waals surface area contributed by atoms with Crippen molar-refractivity contribution in [1.29, 1.82) is 0 Å². The molecule has 0 fully saturated rings. The minimum atomic E-state index is -1.15. The topological polar surface area (TPSA) is 63.6 Å². The van der Waals surface area contributed by atoms with Crippen LogP contribution in [0.15, 0.2) is 0 Å². The number of hydrogen-bond donors (Lipinski definition) is 1. The summed E-state index contributed by atoms with van der Waals surface area (Å²) < 4.78 is 4.61. The lowest BCUT2D eigenvalue weighted by Crippen LogP contribution is -2.11. The highest BCUT2D eigenvalue weighted by Gasteiger charge is 2.07. The molecule has 0 saturated carbocycles. The number of aliphatic carboxylic acids is 1. The Morgan fingerprint density at radius 2 is 1.75 bits per heavy atom. The lowest BCUT2D eigenvalue weighted by Gasteiger charge is -2.00. The lowest BCUT2D eigenvalue weighted by molar-refractivity contribution is -0.151. The van der Waals surface area contributed by atoms with Gasteiger partial charge in [-0.15, -0.1) is 0 Å². The Hall–Kier alpha value is -0.580. The minimum Gasteiger partial charge on any atom is -0.481 e. The first-order valence-electron chi connectivity index (χ1n) is 5.51. The van der Waals surface area contributed by atoms with E-state index in [2.05, 4.69) is 34.5 Å². The summed E-state index contributed by atoms with van der Waals surface area (Å²) in [6.07, 6.45) is 3.77. The number of alkyl halides is 1. The molecule has 0 heterocycles. The van der Waals surface area contributed by atoms with Gasteiger partial charge in [0.05, 0.1) is 6.61 Å². The average Bonchev–Trinajstić information content (AvgIpc) is 2.24. The highest BCUT2D eigenvalue weighted by molar-refractivity contribution is 9.09. The Balaban J connectivity index is 0. The summed E-state index contributed by atoms with van der Waals surface area (Å²) in [4.78, 5) is 20.6. The van der Waals surface area contributed by atoms with E-state index in [0.717, 1.165) is 18.2 Å². The Morgan fingerprint density at radius 3 is 2.12 bits per heavy atom. The quantitative estimate of drug-likeness (QED) is 0.339. The number of carbonyl (C=O) groups is 2. The summed E-state index contributed by atoms with van der Waals surface area (Å²) in [5.74, 6) is -1.82. The second kappa shape index (κ2) is 14.4. The lowest BCUT2D eigenvalue weighted by atomic mass is 10.3. The molecular weight excluding hydrogens is 276 g/mol. The predicted octanol–water partition coefficient (Wildman–Crippen LogP) is 2.99. The summed E-state index contributed by atoms with van der Waals surface area (Å²) in [6.45, 7) is 4.66. The Bertz CT molecular complexity index is 181. The van der Waals surface area contributed by atoms with Crippen molar-refractivity contribution in [2.45, 2.75) is 46.0 Å². The molecule has 4 nitrogen and oxygen atoms in total. The molecule has 1 N–H and O–H groups in total. The fraction of sp³-hybridized carbons (Fsp3) is 0.818. The van der Waals surface area contributed by atoms with Gasteiger partial charge in [0.2, 0.25) is 0 Å². The maximum atomic E-state index is 10.6. The average molecular weight is 297 g/mol. The summed E-state index contributed by atoms with van der Waals surface area (Å²) in [6, 6.07) is 0. The number of carboxylic acid groups (broad SMARTS) is 1. The Labute approximate surface area is 105 Å². The van der Waals surface area contributed by atoms with Crippen LogP contribution in [-0.2, 0) is 14.3 Å². The van der Waals surface area contributed by atoms with Gasteiger partial charge in [0.15, 0.2) is 0 Å². The minimum absolute atomic E-state index is 0.303. The molecule has 0 saturated heterocycles. The van der Waals surface area contributed by atoms with Gasteiger partial charge in [0.1, 0.15) is 6.42 Å². The van der Waals surface area contributed by atoms with E-state index in [4.69, 9.17) is 5.11 Å². The maximum absolute atomic E-state index is 10.6. The van der Waals surface area contributed by atoms with Gasteiger partial charge in [-0.25, -0.2) is 0 Å². The van der Waals surface area contributed by atoms with Crippen LogP contribution in [0.4, 0.5) is 0 Å². The van der Waals surface area contributed by atoms with E-state index >= 15 is 0 Å². The highest BCUT2D eigenvalue weighted by atomic mass is 79.9. The molecule has 0 spiro atoms. The summed E-state index contributed by atoms with van der Waals surface area (Å²) in [5, 5.41) is 9.04. The number of carbonyl (C=O) groups excluding carboxylic acids is 1. The van der Waals surface area contributed by atoms with Crippen molar-refractivity contribution in [2.24, 2.45) is 0 Å². The van der Waals surface area contributed by atoms with Crippen LogP contribution in [0.2, 0.25) is 0 Å². The van der Waals surface area contributed by atoms with E-state index in [1.807, 2.05) is 0 Å². The SMILES string of the molecule is CCCC.O=C(O)CC(=O)OCCCCBr. The van der Waals surface area contributed by atoms with Gasteiger partial charge in [0.25, 0.3) is 0 Å². The predicted molar refractivity (Wildman–Crippen MR) is 66.8 cm³/mol.